The molecule has 0 unspecified atom stereocenters. The van der Waals surface area contributed by atoms with Crippen LogP contribution in [0.25, 0.3) is 11.2 Å². The molecule has 5 heteroatoms. The molecule has 0 atom stereocenters. The molecule has 0 aliphatic rings. The van der Waals surface area contributed by atoms with Crippen molar-refractivity contribution in [3.05, 3.63) is 12.2 Å². The quantitative estimate of drug-likeness (QED) is 0.831. The summed E-state index contributed by atoms with van der Waals surface area (Å²) in [5.74, 6) is 1.96. The molecule has 2 aromatic heterocycles. The zero-order chi connectivity index (χ0) is 11.7. The summed E-state index contributed by atoms with van der Waals surface area (Å²) in [6.45, 7) is 8.32. The van der Waals surface area contributed by atoms with Gasteiger partial charge < -0.3 is 10.3 Å². The number of rotatable bonds is 3. The number of nitrogens with zero attached hydrogens (tertiary/aromatic N) is 3. The molecule has 0 aliphatic carbocycles. The van der Waals surface area contributed by atoms with Gasteiger partial charge in [-0.05, 0) is 13.8 Å². The summed E-state index contributed by atoms with van der Waals surface area (Å²) in [7, 11) is 0. The van der Waals surface area contributed by atoms with Crippen LogP contribution >= 0.6 is 0 Å². The van der Waals surface area contributed by atoms with Crippen molar-refractivity contribution in [3.63, 3.8) is 0 Å². The number of aromatic amines is 1. The second-order valence-corrected chi connectivity index (χ2v) is 4.49. The van der Waals surface area contributed by atoms with E-state index in [-0.39, 0.29) is 0 Å². The van der Waals surface area contributed by atoms with Crippen LogP contribution < -0.4 is 5.32 Å². The van der Waals surface area contributed by atoms with E-state index in [9.17, 15) is 0 Å². The molecule has 0 bridgehead atoms. The van der Waals surface area contributed by atoms with E-state index in [1.807, 2.05) is 0 Å². The molecular weight excluding hydrogens is 202 g/mol. The molecule has 2 rings (SSSR count). The lowest BCUT2D eigenvalue weighted by molar-refractivity contribution is 0.777. The molecule has 0 saturated heterocycles. The van der Waals surface area contributed by atoms with E-state index in [0.717, 1.165) is 22.8 Å². The number of hydrogen-bond acceptors (Lipinski definition) is 4. The first-order chi connectivity index (χ1) is 7.58. The molecule has 86 valence electrons. The second kappa shape index (κ2) is 4.08. The zero-order valence-corrected chi connectivity index (χ0v) is 10.1. The Kier molecular flexibility index (Phi) is 2.77. The number of anilines is 1. The predicted molar refractivity (Wildman–Crippen MR) is 64.5 cm³/mol. The van der Waals surface area contributed by atoms with Crippen molar-refractivity contribution in [3.8, 4) is 0 Å². The van der Waals surface area contributed by atoms with Crippen LogP contribution in [-0.4, -0.2) is 26.0 Å². The molecule has 0 spiro atoms. The number of fused-ring (bicyclic) bond motifs is 1. The maximum atomic E-state index is 4.52. The lowest BCUT2D eigenvalue weighted by atomic mass is 10.2. The Morgan fingerprint density at radius 1 is 1.19 bits per heavy atom. The molecule has 0 aliphatic heterocycles. The van der Waals surface area contributed by atoms with Gasteiger partial charge in [-0.3, -0.25) is 0 Å². The average Bonchev–Trinajstić information content (AvgIpc) is 2.64. The molecule has 2 N–H and O–H groups in total. The van der Waals surface area contributed by atoms with Crippen molar-refractivity contribution in [1.29, 1.82) is 0 Å². The number of hydrogen-bond donors (Lipinski definition) is 2. The highest BCUT2D eigenvalue weighted by molar-refractivity contribution is 5.82. The molecule has 0 saturated carbocycles. The van der Waals surface area contributed by atoms with Crippen LogP contribution in [0.15, 0.2) is 6.33 Å². The summed E-state index contributed by atoms with van der Waals surface area (Å²) in [5.41, 5.74) is 1.60. The van der Waals surface area contributed by atoms with Gasteiger partial charge in [0.25, 0.3) is 0 Å². The predicted octanol–water partition coefficient (Wildman–Crippen LogP) is 2.30. The SMILES string of the molecule is CC(C)Nc1nc(C(C)C)nc2nc[nH]c12. The van der Waals surface area contributed by atoms with Crippen LogP contribution in [0.4, 0.5) is 5.82 Å². The van der Waals surface area contributed by atoms with Gasteiger partial charge in [0.15, 0.2) is 11.5 Å². The van der Waals surface area contributed by atoms with Gasteiger partial charge in [0.1, 0.15) is 11.3 Å². The van der Waals surface area contributed by atoms with Crippen molar-refractivity contribution in [2.24, 2.45) is 0 Å². The fourth-order valence-corrected chi connectivity index (χ4v) is 1.49. The van der Waals surface area contributed by atoms with E-state index in [2.05, 4.69) is 52.9 Å². The number of nitrogens with one attached hydrogen (secondary N) is 2. The summed E-state index contributed by atoms with van der Waals surface area (Å²) in [6, 6.07) is 0.335. The van der Waals surface area contributed by atoms with Crippen LogP contribution in [0.2, 0.25) is 0 Å². The van der Waals surface area contributed by atoms with Crippen molar-refractivity contribution in [1.82, 2.24) is 19.9 Å². The van der Waals surface area contributed by atoms with Gasteiger partial charge in [-0.15, -0.1) is 0 Å². The molecular formula is C11H17N5. The van der Waals surface area contributed by atoms with Crippen LogP contribution in [0.5, 0.6) is 0 Å². The highest BCUT2D eigenvalue weighted by Crippen LogP contribution is 2.20. The topological polar surface area (TPSA) is 66.5 Å². The Balaban J connectivity index is 2.54. The van der Waals surface area contributed by atoms with Crippen LogP contribution in [0, 0.1) is 0 Å². The van der Waals surface area contributed by atoms with Gasteiger partial charge in [0.2, 0.25) is 0 Å². The smallest absolute Gasteiger partial charge is 0.183 e. The first-order valence-corrected chi connectivity index (χ1v) is 5.55. The van der Waals surface area contributed by atoms with Crippen LogP contribution in [0.1, 0.15) is 39.4 Å². The normalized spacial score (nSPS) is 11.6. The summed E-state index contributed by atoms with van der Waals surface area (Å²) in [4.78, 5) is 16.2. The Bertz CT molecular complexity index is 486. The molecule has 0 amide bonds. The van der Waals surface area contributed by atoms with Gasteiger partial charge >= 0.3 is 0 Å². The molecule has 2 aromatic rings. The molecule has 0 aromatic carbocycles. The standard InChI is InChI=1S/C11H17N5/c1-6(2)9-15-10-8(12-5-13-10)11(16-9)14-7(3)4/h5-7H,1-4H3,(H2,12,13,14,15,16). The number of aromatic nitrogens is 4. The number of imidazole rings is 1. The van der Waals surface area contributed by atoms with Gasteiger partial charge in [0.05, 0.1) is 6.33 Å². The second-order valence-electron chi connectivity index (χ2n) is 4.49. The average molecular weight is 219 g/mol. The van der Waals surface area contributed by atoms with Crippen LogP contribution in [-0.2, 0) is 0 Å². The van der Waals surface area contributed by atoms with Crippen molar-refractivity contribution in [2.75, 3.05) is 5.32 Å². The largest absolute Gasteiger partial charge is 0.366 e. The molecule has 16 heavy (non-hydrogen) atoms. The highest BCUT2D eigenvalue weighted by Gasteiger charge is 2.12. The Hall–Kier alpha value is -1.65. The minimum atomic E-state index is 0.300. The van der Waals surface area contributed by atoms with Crippen LogP contribution in [0.3, 0.4) is 0 Å². The van der Waals surface area contributed by atoms with E-state index >= 15 is 0 Å². The van der Waals surface area contributed by atoms with Crippen molar-refractivity contribution >= 4 is 17.0 Å². The zero-order valence-electron chi connectivity index (χ0n) is 10.1. The molecule has 0 fully saturated rings. The van der Waals surface area contributed by atoms with E-state index < -0.39 is 0 Å². The summed E-state index contributed by atoms with van der Waals surface area (Å²) < 4.78 is 0. The summed E-state index contributed by atoms with van der Waals surface area (Å²) in [6.07, 6.45) is 1.65. The van der Waals surface area contributed by atoms with Crippen molar-refractivity contribution < 1.29 is 0 Å². The van der Waals surface area contributed by atoms with E-state index in [1.165, 1.54) is 0 Å². The minimum Gasteiger partial charge on any atom is -0.366 e. The fourth-order valence-electron chi connectivity index (χ4n) is 1.49. The monoisotopic (exact) mass is 219 g/mol. The Morgan fingerprint density at radius 3 is 2.56 bits per heavy atom. The first kappa shape index (κ1) is 10.9. The lowest BCUT2D eigenvalue weighted by Crippen LogP contribution is -2.13. The molecule has 2 heterocycles. The maximum absolute atomic E-state index is 4.52. The fraction of sp³-hybridized carbons (Fsp3) is 0.545. The van der Waals surface area contributed by atoms with Gasteiger partial charge in [-0.2, -0.15) is 0 Å². The van der Waals surface area contributed by atoms with Gasteiger partial charge in [-0.1, -0.05) is 13.8 Å². The van der Waals surface area contributed by atoms with Crippen molar-refractivity contribution in [2.45, 2.75) is 39.7 Å². The molecule has 5 nitrogen and oxygen atoms in total. The third-order valence-corrected chi connectivity index (χ3v) is 2.24. The third kappa shape index (κ3) is 1.98. The highest BCUT2D eigenvalue weighted by atomic mass is 15.1. The molecule has 0 radical (unpaired) electrons. The van der Waals surface area contributed by atoms with Gasteiger partial charge in [-0.25, -0.2) is 15.0 Å². The maximum Gasteiger partial charge on any atom is 0.183 e. The Morgan fingerprint density at radius 2 is 1.94 bits per heavy atom. The minimum absolute atomic E-state index is 0.300. The Labute approximate surface area is 94.7 Å². The number of H-pyrrole nitrogens is 1. The first-order valence-electron chi connectivity index (χ1n) is 5.55. The van der Waals surface area contributed by atoms with E-state index in [4.69, 9.17) is 0 Å². The lowest BCUT2D eigenvalue weighted by Gasteiger charge is -2.11. The van der Waals surface area contributed by atoms with E-state index in [0.29, 0.717) is 12.0 Å². The van der Waals surface area contributed by atoms with Gasteiger partial charge in [0, 0.05) is 12.0 Å². The van der Waals surface area contributed by atoms with E-state index in [1.54, 1.807) is 6.33 Å². The summed E-state index contributed by atoms with van der Waals surface area (Å²) >= 11 is 0. The third-order valence-electron chi connectivity index (χ3n) is 2.24. The summed E-state index contributed by atoms with van der Waals surface area (Å²) in [5, 5.41) is 3.31.